The largest absolute Gasteiger partial charge is 0.416 e. The number of imidazole rings is 1. The minimum Gasteiger partial charge on any atom is -0.393 e. The lowest BCUT2D eigenvalue weighted by Gasteiger charge is -2.32. The molecule has 2 fully saturated rings. The van der Waals surface area contributed by atoms with Gasteiger partial charge in [0.2, 0.25) is 11.9 Å². The molecule has 256 valence electrons. The molecule has 1 N–H and O–H groups in total. The van der Waals surface area contributed by atoms with Crippen molar-refractivity contribution in [2.24, 2.45) is 0 Å². The second kappa shape index (κ2) is 13.4. The third kappa shape index (κ3) is 7.28. The maximum absolute atomic E-state index is 13.8. The van der Waals surface area contributed by atoms with Crippen LogP contribution in [0.2, 0.25) is 5.02 Å². The van der Waals surface area contributed by atoms with E-state index < -0.39 is 29.5 Å². The molecule has 0 saturated carbocycles. The van der Waals surface area contributed by atoms with Crippen LogP contribution in [0.4, 0.5) is 44.1 Å². The Kier molecular flexibility index (Phi) is 9.40. The van der Waals surface area contributed by atoms with Crippen LogP contribution in [-0.2, 0) is 18.9 Å². The van der Waals surface area contributed by atoms with Gasteiger partial charge >= 0.3 is 12.4 Å². The van der Waals surface area contributed by atoms with Crippen molar-refractivity contribution < 1.29 is 31.4 Å². The zero-order valence-electron chi connectivity index (χ0n) is 25.7. The summed E-state index contributed by atoms with van der Waals surface area (Å²) in [6.07, 6.45) is 1.24. The SMILES string of the molecule is CC[C@@H]1C[C@H](N(Cc2cc(C(F)(F)F)cc(C(F)(F)F)c2)c2ncc(-n3ccnc3)cn2)CN1c1nc(N2CCC(O)CC2)ncc1Cl. The van der Waals surface area contributed by atoms with Crippen molar-refractivity contribution in [3.05, 3.63) is 77.2 Å². The molecule has 0 spiro atoms. The van der Waals surface area contributed by atoms with Crippen molar-refractivity contribution in [2.75, 3.05) is 34.3 Å². The zero-order valence-corrected chi connectivity index (χ0v) is 26.5. The number of aromatic nitrogens is 6. The molecule has 4 aromatic rings. The highest BCUT2D eigenvalue weighted by molar-refractivity contribution is 6.32. The van der Waals surface area contributed by atoms with E-state index in [0.717, 1.165) is 12.1 Å². The summed E-state index contributed by atoms with van der Waals surface area (Å²) in [5.74, 6) is 1.06. The predicted molar refractivity (Wildman–Crippen MR) is 166 cm³/mol. The number of aliphatic hydroxyl groups is 1. The van der Waals surface area contributed by atoms with Gasteiger partial charge in [0.15, 0.2) is 5.82 Å². The number of hydrogen-bond donors (Lipinski definition) is 1. The molecule has 2 aliphatic heterocycles. The van der Waals surface area contributed by atoms with Crippen molar-refractivity contribution in [3.63, 3.8) is 0 Å². The summed E-state index contributed by atoms with van der Waals surface area (Å²) < 4.78 is 84.3. The Balaban J connectivity index is 1.36. The maximum atomic E-state index is 13.8. The summed E-state index contributed by atoms with van der Waals surface area (Å²) in [6, 6.07) is 1.01. The third-order valence-electron chi connectivity index (χ3n) is 8.72. The van der Waals surface area contributed by atoms with Gasteiger partial charge < -0.3 is 24.4 Å². The molecule has 3 aromatic heterocycles. The van der Waals surface area contributed by atoms with E-state index in [1.54, 1.807) is 28.2 Å². The lowest BCUT2D eigenvalue weighted by Crippen LogP contribution is -2.39. The molecule has 0 amide bonds. The van der Waals surface area contributed by atoms with Crippen molar-refractivity contribution in [2.45, 2.75) is 69.7 Å². The fraction of sp³-hybridized carbons (Fsp3) is 0.452. The third-order valence-corrected chi connectivity index (χ3v) is 8.99. The van der Waals surface area contributed by atoms with Crippen LogP contribution in [0, 0.1) is 0 Å². The van der Waals surface area contributed by atoms with Gasteiger partial charge in [0.1, 0.15) is 5.02 Å². The van der Waals surface area contributed by atoms with Crippen LogP contribution < -0.4 is 14.7 Å². The predicted octanol–water partition coefficient (Wildman–Crippen LogP) is 6.17. The quantitative estimate of drug-likeness (QED) is 0.217. The summed E-state index contributed by atoms with van der Waals surface area (Å²) in [7, 11) is 0. The number of rotatable bonds is 8. The van der Waals surface area contributed by atoms with Gasteiger partial charge in [0.25, 0.3) is 0 Å². The second-order valence-electron chi connectivity index (χ2n) is 11.9. The molecule has 0 unspecified atom stereocenters. The Hall–Kier alpha value is -4.18. The summed E-state index contributed by atoms with van der Waals surface area (Å²) in [6.45, 7) is 3.07. The van der Waals surface area contributed by atoms with E-state index in [1.165, 1.54) is 18.6 Å². The normalized spacial score (nSPS) is 19.3. The number of benzene rings is 1. The Labute approximate surface area is 277 Å². The number of alkyl halides is 6. The molecule has 2 aliphatic rings. The first-order chi connectivity index (χ1) is 22.8. The number of piperidine rings is 1. The van der Waals surface area contributed by atoms with E-state index in [0.29, 0.717) is 61.2 Å². The highest BCUT2D eigenvalue weighted by atomic mass is 35.5. The molecule has 0 aliphatic carbocycles. The van der Waals surface area contributed by atoms with E-state index in [2.05, 4.69) is 19.9 Å². The molecule has 10 nitrogen and oxygen atoms in total. The molecule has 0 bridgehead atoms. The molecule has 2 atom stereocenters. The Morgan fingerprint density at radius 2 is 1.62 bits per heavy atom. The molecule has 48 heavy (non-hydrogen) atoms. The first-order valence-corrected chi connectivity index (χ1v) is 15.8. The van der Waals surface area contributed by atoms with E-state index in [-0.39, 0.29) is 42.8 Å². The molecule has 5 heterocycles. The van der Waals surface area contributed by atoms with Crippen LogP contribution in [0.1, 0.15) is 49.3 Å². The van der Waals surface area contributed by atoms with Gasteiger partial charge in [-0.2, -0.15) is 31.3 Å². The van der Waals surface area contributed by atoms with Gasteiger partial charge in [-0.25, -0.2) is 19.9 Å². The summed E-state index contributed by atoms with van der Waals surface area (Å²) >= 11 is 6.64. The molecular weight excluding hydrogens is 664 g/mol. The van der Waals surface area contributed by atoms with E-state index in [4.69, 9.17) is 16.6 Å². The molecular formula is C31H32ClF6N9O. The summed E-state index contributed by atoms with van der Waals surface area (Å²) in [4.78, 5) is 27.8. The van der Waals surface area contributed by atoms with Crippen LogP contribution in [-0.4, -0.2) is 72.4 Å². The number of anilines is 3. The highest BCUT2D eigenvalue weighted by Crippen LogP contribution is 2.39. The fourth-order valence-electron chi connectivity index (χ4n) is 6.21. The maximum Gasteiger partial charge on any atom is 0.416 e. The minimum absolute atomic E-state index is 0.117. The van der Waals surface area contributed by atoms with Crippen LogP contribution in [0.5, 0.6) is 0 Å². The Morgan fingerprint density at radius 3 is 2.21 bits per heavy atom. The van der Waals surface area contributed by atoms with Gasteiger partial charge in [-0.15, -0.1) is 0 Å². The van der Waals surface area contributed by atoms with Gasteiger partial charge in [0, 0.05) is 44.6 Å². The molecule has 17 heteroatoms. The van der Waals surface area contributed by atoms with Gasteiger partial charge in [-0.3, -0.25) is 0 Å². The lowest BCUT2D eigenvalue weighted by atomic mass is 10.0. The second-order valence-corrected chi connectivity index (χ2v) is 12.3. The first kappa shape index (κ1) is 33.7. The standard InChI is InChI=1S/C31H32ClF6N9O/c1-2-22-12-23(17-46(22)27-26(32)15-42-29(43-27)44-6-3-25(48)4-7-44)47(28-40-13-24(14-41-28)45-8-5-39-18-45)16-19-9-20(30(33,34)35)11-21(10-19)31(36,37)38/h5,8-11,13-15,18,22-23,25,48H,2-4,6-7,12,16-17H2,1H3/t22-,23+/m1/s1. The summed E-state index contributed by atoms with van der Waals surface area (Å²) in [5.41, 5.74) is -2.41. The topological polar surface area (TPSA) is 99.3 Å². The zero-order chi connectivity index (χ0) is 34.2. The van der Waals surface area contributed by atoms with Crippen molar-refractivity contribution in [1.82, 2.24) is 29.5 Å². The number of halogens is 7. The molecule has 6 rings (SSSR count). The van der Waals surface area contributed by atoms with E-state index in [9.17, 15) is 31.4 Å². The lowest BCUT2D eigenvalue weighted by molar-refractivity contribution is -0.143. The van der Waals surface area contributed by atoms with Crippen LogP contribution >= 0.6 is 11.6 Å². The van der Waals surface area contributed by atoms with Gasteiger partial charge in [-0.05, 0) is 49.4 Å². The minimum atomic E-state index is -4.99. The number of hydrogen-bond acceptors (Lipinski definition) is 9. The Bertz CT molecular complexity index is 1660. The fourth-order valence-corrected chi connectivity index (χ4v) is 6.41. The Morgan fingerprint density at radius 1 is 0.958 bits per heavy atom. The van der Waals surface area contributed by atoms with E-state index in [1.807, 2.05) is 16.7 Å². The molecule has 1 aromatic carbocycles. The van der Waals surface area contributed by atoms with Crippen molar-refractivity contribution >= 4 is 29.3 Å². The molecule has 0 radical (unpaired) electrons. The average Bonchev–Trinajstić information content (AvgIpc) is 3.75. The smallest absolute Gasteiger partial charge is 0.393 e. The monoisotopic (exact) mass is 695 g/mol. The van der Waals surface area contributed by atoms with Crippen molar-refractivity contribution in [3.8, 4) is 5.69 Å². The van der Waals surface area contributed by atoms with Crippen LogP contribution in [0.25, 0.3) is 5.69 Å². The van der Waals surface area contributed by atoms with Gasteiger partial charge in [-0.1, -0.05) is 18.5 Å². The van der Waals surface area contributed by atoms with Crippen LogP contribution in [0.15, 0.2) is 55.5 Å². The first-order valence-electron chi connectivity index (χ1n) is 15.4. The molecule has 2 saturated heterocycles. The van der Waals surface area contributed by atoms with Crippen LogP contribution in [0.3, 0.4) is 0 Å². The number of aliphatic hydroxyl groups excluding tert-OH is 1. The van der Waals surface area contributed by atoms with E-state index >= 15 is 0 Å². The summed E-state index contributed by atoms with van der Waals surface area (Å²) in [5, 5.41) is 10.2. The number of nitrogens with zero attached hydrogens (tertiary/aromatic N) is 9. The van der Waals surface area contributed by atoms with Crippen molar-refractivity contribution in [1.29, 1.82) is 0 Å². The average molecular weight is 696 g/mol. The highest BCUT2D eigenvalue weighted by Gasteiger charge is 2.40. The van der Waals surface area contributed by atoms with Gasteiger partial charge in [0.05, 0.1) is 53.9 Å².